The third-order valence-corrected chi connectivity index (χ3v) is 2.63. The van der Waals surface area contributed by atoms with Crippen LogP contribution in [0.5, 0.6) is 17.2 Å². The summed E-state index contributed by atoms with van der Waals surface area (Å²) in [5, 5.41) is 9.06. The fourth-order valence-corrected chi connectivity index (χ4v) is 1.76. The molecule has 1 N–H and O–H groups in total. The molecule has 0 saturated heterocycles. The topological polar surface area (TPSA) is 65.0 Å². The predicted molar refractivity (Wildman–Crippen MR) is 62.4 cm³/mol. The van der Waals surface area contributed by atoms with Crippen LogP contribution in [0.1, 0.15) is 5.56 Å². The molecular weight excluding hydrogens is 248 g/mol. The molecule has 0 aliphatic rings. The average molecular weight is 261 g/mol. The Hall–Kier alpha value is -1.62. The fraction of sp³-hybridized carbons (Fsp3) is 0.364. The minimum atomic E-state index is -1.01. The molecule has 0 spiro atoms. The summed E-state index contributed by atoms with van der Waals surface area (Å²) in [5.41, 5.74) is 0.331. The molecule has 0 aliphatic heterocycles. The molecule has 6 heteroatoms. The number of carboxylic acids is 1. The highest BCUT2D eigenvalue weighted by Crippen LogP contribution is 2.42. The number of halogens is 1. The molecule has 1 rings (SSSR count). The monoisotopic (exact) mass is 260 g/mol. The van der Waals surface area contributed by atoms with E-state index < -0.39 is 5.97 Å². The highest BCUT2D eigenvalue weighted by atomic mass is 35.5. The van der Waals surface area contributed by atoms with Crippen molar-refractivity contribution < 1.29 is 24.1 Å². The lowest BCUT2D eigenvalue weighted by Gasteiger charge is -2.15. The van der Waals surface area contributed by atoms with E-state index in [0.29, 0.717) is 22.8 Å². The van der Waals surface area contributed by atoms with E-state index in [4.69, 9.17) is 30.9 Å². The quantitative estimate of drug-likeness (QED) is 0.877. The van der Waals surface area contributed by atoms with Crippen LogP contribution in [-0.4, -0.2) is 32.4 Å². The number of hydrogen-bond donors (Lipinski definition) is 1. The summed E-state index contributed by atoms with van der Waals surface area (Å²) in [5.74, 6) is 0.0202. The second kappa shape index (κ2) is 5.63. The number of rotatable bonds is 5. The lowest BCUT2D eigenvalue weighted by atomic mass is 10.1. The van der Waals surface area contributed by atoms with Crippen molar-refractivity contribution >= 4 is 17.6 Å². The molecule has 0 fully saturated rings. The predicted octanol–water partition coefficient (Wildman–Crippen LogP) is 1.99. The largest absolute Gasteiger partial charge is 0.495 e. The number of carboxylic acid groups (broad SMARTS) is 1. The van der Waals surface area contributed by atoms with E-state index in [1.54, 1.807) is 6.07 Å². The van der Waals surface area contributed by atoms with Crippen molar-refractivity contribution in [1.82, 2.24) is 0 Å². The minimum Gasteiger partial charge on any atom is -0.495 e. The third-order valence-electron chi connectivity index (χ3n) is 2.21. The molecule has 0 aromatic heterocycles. The normalized spacial score (nSPS) is 9.88. The third kappa shape index (κ3) is 2.74. The summed E-state index contributed by atoms with van der Waals surface area (Å²) in [6.45, 7) is 0. The maximum absolute atomic E-state index is 10.8. The summed E-state index contributed by atoms with van der Waals surface area (Å²) < 4.78 is 15.3. The van der Waals surface area contributed by atoms with Crippen LogP contribution in [0.4, 0.5) is 0 Å². The Labute approximate surface area is 104 Å². The first-order chi connectivity index (χ1) is 8.04. The van der Waals surface area contributed by atoms with Gasteiger partial charge < -0.3 is 19.3 Å². The van der Waals surface area contributed by atoms with Gasteiger partial charge in [0.15, 0.2) is 11.5 Å². The molecule has 0 bridgehead atoms. The van der Waals surface area contributed by atoms with Crippen molar-refractivity contribution in [3.05, 3.63) is 16.7 Å². The molecule has 0 radical (unpaired) electrons. The van der Waals surface area contributed by atoms with Crippen LogP contribution < -0.4 is 14.2 Å². The first kappa shape index (κ1) is 13.4. The van der Waals surface area contributed by atoms with Gasteiger partial charge in [-0.2, -0.15) is 0 Å². The molecule has 0 amide bonds. The highest BCUT2D eigenvalue weighted by molar-refractivity contribution is 6.33. The van der Waals surface area contributed by atoms with Crippen molar-refractivity contribution in [2.75, 3.05) is 21.3 Å². The van der Waals surface area contributed by atoms with Crippen molar-refractivity contribution in [3.8, 4) is 17.2 Å². The number of carbonyl (C=O) groups is 1. The Balaban J connectivity index is 3.43. The first-order valence-corrected chi connectivity index (χ1v) is 5.12. The van der Waals surface area contributed by atoms with Gasteiger partial charge in [0, 0.05) is 11.6 Å². The smallest absolute Gasteiger partial charge is 0.308 e. The van der Waals surface area contributed by atoms with Gasteiger partial charge >= 0.3 is 5.97 Å². The molecule has 1 aromatic carbocycles. The van der Waals surface area contributed by atoms with Crippen molar-refractivity contribution in [2.45, 2.75) is 6.42 Å². The van der Waals surface area contributed by atoms with E-state index in [0.717, 1.165) is 0 Å². The van der Waals surface area contributed by atoms with E-state index in [1.807, 2.05) is 0 Å². The van der Waals surface area contributed by atoms with Crippen LogP contribution in [0.2, 0.25) is 5.02 Å². The fourth-order valence-electron chi connectivity index (χ4n) is 1.48. The van der Waals surface area contributed by atoms with E-state index in [2.05, 4.69) is 0 Å². The number of methoxy groups -OCH3 is 3. The van der Waals surface area contributed by atoms with E-state index >= 15 is 0 Å². The van der Waals surface area contributed by atoms with E-state index in [9.17, 15) is 4.79 Å². The van der Waals surface area contributed by atoms with Gasteiger partial charge in [-0.25, -0.2) is 0 Å². The molecular formula is C11H13ClO5. The van der Waals surface area contributed by atoms with Crippen LogP contribution in [0.3, 0.4) is 0 Å². The number of aliphatic carboxylic acids is 1. The van der Waals surface area contributed by atoms with Crippen molar-refractivity contribution in [1.29, 1.82) is 0 Å². The van der Waals surface area contributed by atoms with E-state index in [-0.39, 0.29) is 11.4 Å². The van der Waals surface area contributed by atoms with Crippen molar-refractivity contribution in [2.24, 2.45) is 0 Å². The Morgan fingerprint density at radius 2 is 1.82 bits per heavy atom. The summed E-state index contributed by atoms with van der Waals surface area (Å²) in [7, 11) is 4.32. The Kier molecular flexibility index (Phi) is 4.45. The molecule has 0 saturated carbocycles. The number of hydrogen-bond acceptors (Lipinski definition) is 4. The zero-order valence-corrected chi connectivity index (χ0v) is 10.5. The van der Waals surface area contributed by atoms with Gasteiger partial charge in [0.2, 0.25) is 0 Å². The molecule has 0 unspecified atom stereocenters. The molecule has 94 valence electrons. The standard InChI is InChI=1S/C11H13ClO5/c1-15-7-5-8(16-2)11(17-3)6(10(7)12)4-9(13)14/h5H,4H2,1-3H3,(H,13,14). The van der Waals surface area contributed by atoms with Crippen LogP contribution >= 0.6 is 11.6 Å². The Bertz CT molecular complexity index is 430. The first-order valence-electron chi connectivity index (χ1n) is 4.74. The SMILES string of the molecule is COc1cc(OC)c(OC)c(CC(=O)O)c1Cl. The van der Waals surface area contributed by atoms with Gasteiger partial charge in [0.05, 0.1) is 32.8 Å². The van der Waals surface area contributed by atoms with Gasteiger partial charge in [-0.15, -0.1) is 0 Å². The molecule has 0 heterocycles. The second-order valence-corrected chi connectivity index (χ2v) is 3.56. The Morgan fingerprint density at radius 1 is 1.24 bits per heavy atom. The lowest BCUT2D eigenvalue weighted by Crippen LogP contribution is -2.05. The lowest BCUT2D eigenvalue weighted by molar-refractivity contribution is -0.136. The minimum absolute atomic E-state index is 0.215. The van der Waals surface area contributed by atoms with Gasteiger partial charge in [-0.1, -0.05) is 11.6 Å². The molecule has 1 aromatic rings. The maximum Gasteiger partial charge on any atom is 0.308 e. The average Bonchev–Trinajstić information content (AvgIpc) is 2.30. The van der Waals surface area contributed by atoms with Gasteiger partial charge in [0.1, 0.15) is 5.75 Å². The van der Waals surface area contributed by atoms with Gasteiger partial charge in [-0.3, -0.25) is 4.79 Å². The Morgan fingerprint density at radius 3 is 2.24 bits per heavy atom. The summed E-state index contributed by atoms with van der Waals surface area (Å²) >= 11 is 6.04. The summed E-state index contributed by atoms with van der Waals surface area (Å²) in [6, 6.07) is 1.55. The van der Waals surface area contributed by atoms with Gasteiger partial charge in [0.25, 0.3) is 0 Å². The molecule has 0 atom stereocenters. The highest BCUT2D eigenvalue weighted by Gasteiger charge is 2.20. The van der Waals surface area contributed by atoms with Crippen LogP contribution in [0.25, 0.3) is 0 Å². The number of ether oxygens (including phenoxy) is 3. The maximum atomic E-state index is 10.8. The molecule has 17 heavy (non-hydrogen) atoms. The second-order valence-electron chi connectivity index (χ2n) is 3.18. The summed E-state index contributed by atoms with van der Waals surface area (Å²) in [6.07, 6.45) is -0.268. The van der Waals surface area contributed by atoms with E-state index in [1.165, 1.54) is 21.3 Å². The zero-order chi connectivity index (χ0) is 13.0. The van der Waals surface area contributed by atoms with Crippen molar-refractivity contribution in [3.63, 3.8) is 0 Å². The summed E-state index contributed by atoms with van der Waals surface area (Å²) in [4.78, 5) is 10.8. The zero-order valence-electron chi connectivity index (χ0n) is 9.74. The van der Waals surface area contributed by atoms with Crippen LogP contribution in [0, 0.1) is 0 Å². The van der Waals surface area contributed by atoms with Crippen LogP contribution in [0.15, 0.2) is 6.07 Å². The van der Waals surface area contributed by atoms with Gasteiger partial charge in [-0.05, 0) is 0 Å². The van der Waals surface area contributed by atoms with Crippen LogP contribution in [-0.2, 0) is 11.2 Å². The molecule has 0 aliphatic carbocycles. The molecule has 5 nitrogen and oxygen atoms in total. The number of benzene rings is 1.